The maximum absolute atomic E-state index is 12.4. The maximum Gasteiger partial charge on any atom is 0.257 e. The molecule has 1 aliphatic carbocycles. The van der Waals surface area contributed by atoms with Crippen molar-refractivity contribution in [1.82, 2.24) is 4.90 Å². The molecule has 0 unspecified atom stereocenters. The minimum atomic E-state index is 0.0189. The third-order valence-electron chi connectivity index (χ3n) is 3.86. The lowest BCUT2D eigenvalue weighted by atomic mass is 9.80. The highest BCUT2D eigenvalue weighted by atomic mass is 16.3. The zero-order valence-corrected chi connectivity index (χ0v) is 11.0. The summed E-state index contributed by atoms with van der Waals surface area (Å²) in [5.41, 5.74) is 7.17. The van der Waals surface area contributed by atoms with Gasteiger partial charge in [-0.05, 0) is 24.8 Å². The van der Waals surface area contributed by atoms with Crippen molar-refractivity contribution in [2.75, 3.05) is 13.6 Å². The van der Waals surface area contributed by atoms with Crippen molar-refractivity contribution in [3.8, 4) is 0 Å². The number of fused-ring (bicyclic) bond motifs is 1. The Morgan fingerprint density at radius 3 is 2.89 bits per heavy atom. The van der Waals surface area contributed by atoms with Crippen LogP contribution in [0.25, 0.3) is 11.0 Å². The van der Waals surface area contributed by atoms with E-state index in [0.717, 1.165) is 30.4 Å². The lowest BCUT2D eigenvalue weighted by Crippen LogP contribution is -2.43. The van der Waals surface area contributed by atoms with Gasteiger partial charge in [0.25, 0.3) is 5.91 Å². The van der Waals surface area contributed by atoms with Gasteiger partial charge in [-0.3, -0.25) is 4.79 Å². The molecule has 1 saturated carbocycles. The van der Waals surface area contributed by atoms with Gasteiger partial charge in [0.05, 0.1) is 5.56 Å². The van der Waals surface area contributed by atoms with Crippen LogP contribution < -0.4 is 5.73 Å². The highest BCUT2D eigenvalue weighted by Gasteiger charge is 2.28. The number of carbonyl (C=O) groups excluding carboxylic acids is 1. The fraction of sp³-hybridized carbons (Fsp3) is 0.400. The van der Waals surface area contributed by atoms with Crippen molar-refractivity contribution in [3.05, 3.63) is 36.1 Å². The highest BCUT2D eigenvalue weighted by Crippen LogP contribution is 2.27. The Morgan fingerprint density at radius 2 is 2.16 bits per heavy atom. The first kappa shape index (κ1) is 12.2. The van der Waals surface area contributed by atoms with Gasteiger partial charge >= 0.3 is 0 Å². The molecule has 0 aliphatic heterocycles. The highest BCUT2D eigenvalue weighted by molar-refractivity contribution is 6.05. The molecule has 1 aliphatic rings. The molecule has 4 heteroatoms. The van der Waals surface area contributed by atoms with Crippen molar-refractivity contribution in [2.45, 2.75) is 18.9 Å². The molecule has 0 saturated heterocycles. The van der Waals surface area contributed by atoms with Crippen LogP contribution in [0.15, 0.2) is 34.9 Å². The Hall–Kier alpha value is -1.81. The average molecular weight is 258 g/mol. The summed E-state index contributed by atoms with van der Waals surface area (Å²) in [5, 5.41) is 0.879. The molecule has 1 heterocycles. The quantitative estimate of drug-likeness (QED) is 0.918. The lowest BCUT2D eigenvalue weighted by molar-refractivity contribution is 0.0735. The molecule has 19 heavy (non-hydrogen) atoms. The summed E-state index contributed by atoms with van der Waals surface area (Å²) in [7, 11) is 1.84. The summed E-state index contributed by atoms with van der Waals surface area (Å²) in [5.74, 6) is 0.563. The van der Waals surface area contributed by atoms with Gasteiger partial charge in [-0.15, -0.1) is 0 Å². The van der Waals surface area contributed by atoms with Crippen molar-refractivity contribution < 1.29 is 9.21 Å². The summed E-state index contributed by atoms with van der Waals surface area (Å²) in [6.45, 7) is 0.770. The van der Waals surface area contributed by atoms with Gasteiger partial charge in [-0.2, -0.15) is 0 Å². The number of furan rings is 1. The second-order valence-corrected chi connectivity index (χ2v) is 5.43. The number of nitrogens with two attached hydrogens (primary N) is 1. The van der Waals surface area contributed by atoms with Gasteiger partial charge in [0, 0.05) is 25.0 Å². The summed E-state index contributed by atoms with van der Waals surface area (Å²) >= 11 is 0. The number of benzene rings is 1. The monoisotopic (exact) mass is 258 g/mol. The van der Waals surface area contributed by atoms with Crippen molar-refractivity contribution >= 4 is 16.9 Å². The summed E-state index contributed by atoms with van der Waals surface area (Å²) < 4.78 is 5.42. The molecule has 1 aromatic heterocycles. The number of para-hydroxylation sites is 1. The summed E-state index contributed by atoms with van der Waals surface area (Å²) in [6, 6.07) is 7.93. The minimum Gasteiger partial charge on any atom is -0.463 e. The van der Waals surface area contributed by atoms with E-state index >= 15 is 0 Å². The standard InChI is InChI=1S/C15H18N2O2/c1-17(8-10-6-11(16)7-10)15(18)13-9-19-14-5-3-2-4-12(13)14/h2-5,9-11H,6-8,16H2,1H3. The fourth-order valence-electron chi connectivity index (χ4n) is 2.76. The van der Waals surface area contributed by atoms with E-state index in [4.69, 9.17) is 10.2 Å². The number of rotatable bonds is 3. The molecule has 1 amide bonds. The van der Waals surface area contributed by atoms with E-state index in [1.807, 2.05) is 31.3 Å². The zero-order valence-electron chi connectivity index (χ0n) is 11.0. The van der Waals surface area contributed by atoms with Crippen LogP contribution in [0.1, 0.15) is 23.2 Å². The molecule has 2 aromatic rings. The third kappa shape index (κ3) is 2.24. The zero-order chi connectivity index (χ0) is 13.4. The van der Waals surface area contributed by atoms with Crippen molar-refractivity contribution in [3.63, 3.8) is 0 Å². The Kier molecular flexibility index (Phi) is 3.03. The first-order valence-corrected chi connectivity index (χ1v) is 6.62. The second kappa shape index (κ2) is 4.70. The van der Waals surface area contributed by atoms with Gasteiger partial charge in [0.15, 0.2) is 0 Å². The predicted octanol–water partition coefficient (Wildman–Crippen LogP) is 2.24. The van der Waals surface area contributed by atoms with Crippen LogP contribution in [0.3, 0.4) is 0 Å². The predicted molar refractivity (Wildman–Crippen MR) is 73.9 cm³/mol. The van der Waals surface area contributed by atoms with Gasteiger partial charge in [-0.1, -0.05) is 18.2 Å². The Morgan fingerprint density at radius 1 is 1.42 bits per heavy atom. The smallest absolute Gasteiger partial charge is 0.257 e. The molecule has 0 atom stereocenters. The summed E-state index contributed by atoms with van der Waals surface area (Å²) in [4.78, 5) is 14.2. The second-order valence-electron chi connectivity index (χ2n) is 5.43. The molecule has 3 rings (SSSR count). The normalized spacial score (nSPS) is 22.2. The van der Waals surface area contributed by atoms with E-state index < -0.39 is 0 Å². The van der Waals surface area contributed by atoms with Gasteiger partial charge in [0.1, 0.15) is 11.8 Å². The largest absolute Gasteiger partial charge is 0.463 e. The van der Waals surface area contributed by atoms with E-state index in [9.17, 15) is 4.79 Å². The van der Waals surface area contributed by atoms with Crippen molar-refractivity contribution in [1.29, 1.82) is 0 Å². The molecule has 1 fully saturated rings. The van der Waals surface area contributed by atoms with Gasteiger partial charge < -0.3 is 15.1 Å². The fourth-order valence-corrected chi connectivity index (χ4v) is 2.76. The number of carbonyl (C=O) groups is 1. The number of nitrogens with zero attached hydrogens (tertiary/aromatic N) is 1. The van der Waals surface area contributed by atoms with E-state index in [1.54, 1.807) is 11.2 Å². The molecule has 4 nitrogen and oxygen atoms in total. The van der Waals surface area contributed by atoms with Crippen LogP contribution in [0, 0.1) is 5.92 Å². The maximum atomic E-state index is 12.4. The number of hydrogen-bond donors (Lipinski definition) is 1. The summed E-state index contributed by atoms with van der Waals surface area (Å²) in [6.07, 6.45) is 3.59. The Bertz CT molecular complexity index is 599. The molecular weight excluding hydrogens is 240 g/mol. The number of amides is 1. The van der Waals surface area contributed by atoms with Crippen LogP contribution in [-0.2, 0) is 0 Å². The van der Waals surface area contributed by atoms with Gasteiger partial charge in [0.2, 0.25) is 0 Å². The van der Waals surface area contributed by atoms with E-state index in [1.165, 1.54) is 0 Å². The van der Waals surface area contributed by atoms with E-state index in [-0.39, 0.29) is 5.91 Å². The minimum absolute atomic E-state index is 0.0189. The van der Waals surface area contributed by atoms with Crippen LogP contribution >= 0.6 is 0 Å². The molecule has 2 N–H and O–H groups in total. The SMILES string of the molecule is CN(CC1CC(N)C1)C(=O)c1coc2ccccc12. The topological polar surface area (TPSA) is 59.5 Å². The third-order valence-corrected chi connectivity index (χ3v) is 3.86. The molecular formula is C15H18N2O2. The molecule has 0 bridgehead atoms. The molecule has 0 spiro atoms. The van der Waals surface area contributed by atoms with E-state index in [2.05, 4.69) is 0 Å². The lowest BCUT2D eigenvalue weighted by Gasteiger charge is -2.35. The van der Waals surface area contributed by atoms with Crippen LogP contribution in [-0.4, -0.2) is 30.4 Å². The average Bonchev–Trinajstić information content (AvgIpc) is 2.79. The first-order valence-electron chi connectivity index (χ1n) is 6.62. The van der Waals surface area contributed by atoms with Crippen LogP contribution in [0.4, 0.5) is 0 Å². The molecule has 0 radical (unpaired) electrons. The molecule has 100 valence electrons. The van der Waals surface area contributed by atoms with Crippen LogP contribution in [0.5, 0.6) is 0 Å². The van der Waals surface area contributed by atoms with E-state index in [0.29, 0.717) is 17.5 Å². The van der Waals surface area contributed by atoms with Crippen molar-refractivity contribution in [2.24, 2.45) is 11.7 Å². The Labute approximate surface area is 112 Å². The molecule has 1 aromatic carbocycles. The number of hydrogen-bond acceptors (Lipinski definition) is 3. The first-order chi connectivity index (χ1) is 9.15. The Balaban J connectivity index is 1.75. The van der Waals surface area contributed by atoms with Crippen LogP contribution in [0.2, 0.25) is 0 Å². The van der Waals surface area contributed by atoms with Gasteiger partial charge in [-0.25, -0.2) is 0 Å².